The van der Waals surface area contributed by atoms with Crippen LogP contribution < -0.4 is 10.1 Å². The first-order valence-corrected chi connectivity index (χ1v) is 9.08. The van der Waals surface area contributed by atoms with Crippen LogP contribution in [0.1, 0.15) is 30.7 Å². The van der Waals surface area contributed by atoms with Crippen LogP contribution in [0, 0.1) is 6.92 Å². The summed E-state index contributed by atoms with van der Waals surface area (Å²) in [5.74, 6) is -0.789. The molecular formula is C20H21F3N4O2. The lowest BCUT2D eigenvalue weighted by molar-refractivity contribution is -0.136. The number of carbonyl (C=O) groups excluding carboxylic acids is 1. The number of hydrogen-bond donors (Lipinski definition) is 1. The number of rotatable bonds is 5. The number of carbonyl (C=O) groups is 1. The Bertz CT molecular complexity index is 1040. The number of fused-ring (bicyclic) bond motifs is 1. The van der Waals surface area contributed by atoms with E-state index < -0.39 is 23.8 Å². The van der Waals surface area contributed by atoms with Crippen LogP contribution in [0.3, 0.4) is 0 Å². The third kappa shape index (κ3) is 4.33. The van der Waals surface area contributed by atoms with Crippen molar-refractivity contribution < 1.29 is 22.7 Å². The molecule has 0 aliphatic heterocycles. The maximum Gasteiger partial charge on any atom is 0.417 e. The fraction of sp³-hybridized carbons (Fsp3) is 0.350. The number of halogens is 3. The van der Waals surface area contributed by atoms with E-state index >= 15 is 0 Å². The molecule has 1 aromatic carbocycles. The first-order valence-electron chi connectivity index (χ1n) is 9.08. The van der Waals surface area contributed by atoms with Crippen LogP contribution in [-0.4, -0.2) is 26.8 Å². The number of ether oxygens (including phenoxy) is 1. The predicted octanol–water partition coefficient (Wildman–Crippen LogP) is 4.26. The molecule has 2 heterocycles. The zero-order valence-electron chi connectivity index (χ0n) is 16.5. The number of aryl methyl sites for hydroxylation is 3. The van der Waals surface area contributed by atoms with Gasteiger partial charge in [0.15, 0.2) is 11.8 Å². The van der Waals surface area contributed by atoms with Gasteiger partial charge in [-0.2, -0.15) is 23.3 Å². The quantitative estimate of drug-likeness (QED) is 0.687. The van der Waals surface area contributed by atoms with E-state index in [-0.39, 0.29) is 22.6 Å². The third-order valence-electron chi connectivity index (χ3n) is 4.55. The molecule has 2 aromatic heterocycles. The van der Waals surface area contributed by atoms with Crippen molar-refractivity contribution in [2.45, 2.75) is 39.5 Å². The van der Waals surface area contributed by atoms with Crippen molar-refractivity contribution in [3.8, 4) is 5.88 Å². The molecule has 1 unspecified atom stereocenters. The van der Waals surface area contributed by atoms with Crippen LogP contribution >= 0.6 is 0 Å². The third-order valence-corrected chi connectivity index (χ3v) is 4.55. The van der Waals surface area contributed by atoms with E-state index in [0.29, 0.717) is 5.69 Å². The number of pyridine rings is 1. The maximum absolute atomic E-state index is 13.5. The highest BCUT2D eigenvalue weighted by molar-refractivity contribution is 5.94. The number of benzene rings is 1. The molecule has 0 fully saturated rings. The van der Waals surface area contributed by atoms with Gasteiger partial charge in [0.05, 0.1) is 16.6 Å². The van der Waals surface area contributed by atoms with Gasteiger partial charge in [0.2, 0.25) is 5.88 Å². The molecule has 9 heteroatoms. The highest BCUT2D eigenvalue weighted by Gasteiger charge is 2.36. The van der Waals surface area contributed by atoms with Crippen LogP contribution in [0.4, 0.5) is 18.9 Å². The zero-order chi connectivity index (χ0) is 21.3. The summed E-state index contributed by atoms with van der Waals surface area (Å²) in [6.07, 6.45) is -4.79. The molecule has 0 aliphatic carbocycles. The maximum atomic E-state index is 13.5. The van der Waals surface area contributed by atoms with E-state index in [1.165, 1.54) is 25.6 Å². The number of nitrogens with one attached hydrogen (secondary N) is 1. The summed E-state index contributed by atoms with van der Waals surface area (Å²) in [5.41, 5.74) is 1.05. The van der Waals surface area contributed by atoms with E-state index in [0.717, 1.165) is 18.1 Å². The van der Waals surface area contributed by atoms with Crippen LogP contribution in [0.2, 0.25) is 0 Å². The number of hydrogen-bond acceptors (Lipinski definition) is 4. The van der Waals surface area contributed by atoms with E-state index in [4.69, 9.17) is 4.74 Å². The first kappa shape index (κ1) is 20.6. The van der Waals surface area contributed by atoms with Crippen LogP contribution in [0.5, 0.6) is 5.88 Å². The number of nitrogens with zero attached hydrogens (tertiary/aromatic N) is 3. The lowest BCUT2D eigenvalue weighted by Crippen LogP contribution is -2.30. The summed E-state index contributed by atoms with van der Waals surface area (Å²) in [4.78, 5) is 16.5. The SMILES string of the molecule is CCc1ccc(NC(=O)C(C)Oc2cc(C(F)(F)F)c3c(C)nn(C)c3n2)cc1. The average molecular weight is 406 g/mol. The van der Waals surface area contributed by atoms with Gasteiger partial charge in [-0.15, -0.1) is 0 Å². The van der Waals surface area contributed by atoms with Crippen molar-refractivity contribution in [3.05, 3.63) is 47.2 Å². The molecule has 1 amide bonds. The minimum absolute atomic E-state index is 0.0371. The highest BCUT2D eigenvalue weighted by Crippen LogP contribution is 2.37. The number of aromatic nitrogens is 3. The molecule has 3 aromatic rings. The lowest BCUT2D eigenvalue weighted by atomic mass is 10.1. The second-order valence-corrected chi connectivity index (χ2v) is 6.71. The van der Waals surface area contributed by atoms with E-state index in [9.17, 15) is 18.0 Å². The Balaban J connectivity index is 1.84. The first-order chi connectivity index (χ1) is 13.6. The van der Waals surface area contributed by atoms with Crippen LogP contribution in [0.15, 0.2) is 30.3 Å². The lowest BCUT2D eigenvalue weighted by Gasteiger charge is -2.16. The van der Waals surface area contributed by atoms with Crippen molar-refractivity contribution in [2.75, 3.05) is 5.32 Å². The molecule has 6 nitrogen and oxygen atoms in total. The van der Waals surface area contributed by atoms with Gasteiger partial charge >= 0.3 is 6.18 Å². The second-order valence-electron chi connectivity index (χ2n) is 6.71. The molecular weight excluding hydrogens is 385 g/mol. The van der Waals surface area contributed by atoms with Gasteiger partial charge in [-0.3, -0.25) is 9.48 Å². The Kier molecular flexibility index (Phi) is 5.50. The summed E-state index contributed by atoms with van der Waals surface area (Å²) in [5, 5.41) is 6.61. The monoisotopic (exact) mass is 406 g/mol. The van der Waals surface area contributed by atoms with E-state index in [1.54, 1.807) is 12.1 Å². The molecule has 0 spiro atoms. The summed E-state index contributed by atoms with van der Waals surface area (Å²) < 4.78 is 47.3. The minimum atomic E-state index is -4.61. The number of anilines is 1. The van der Waals surface area contributed by atoms with Gasteiger partial charge in [0.1, 0.15) is 0 Å². The van der Waals surface area contributed by atoms with Gasteiger partial charge in [-0.05, 0) is 38.0 Å². The summed E-state index contributed by atoms with van der Waals surface area (Å²) in [6, 6.07) is 8.09. The molecule has 1 atom stereocenters. The summed E-state index contributed by atoms with van der Waals surface area (Å²) >= 11 is 0. The molecule has 1 N–H and O–H groups in total. The van der Waals surface area contributed by atoms with Gasteiger partial charge < -0.3 is 10.1 Å². The number of amides is 1. The van der Waals surface area contributed by atoms with Gasteiger partial charge in [-0.25, -0.2) is 0 Å². The Morgan fingerprint density at radius 3 is 2.52 bits per heavy atom. The molecule has 154 valence electrons. The van der Waals surface area contributed by atoms with Gasteiger partial charge in [-0.1, -0.05) is 19.1 Å². The second kappa shape index (κ2) is 7.73. The van der Waals surface area contributed by atoms with Crippen molar-refractivity contribution in [1.82, 2.24) is 14.8 Å². The zero-order valence-corrected chi connectivity index (χ0v) is 16.5. The smallest absolute Gasteiger partial charge is 0.417 e. The van der Waals surface area contributed by atoms with Crippen molar-refractivity contribution in [1.29, 1.82) is 0 Å². The van der Waals surface area contributed by atoms with Crippen LogP contribution in [0.25, 0.3) is 11.0 Å². The van der Waals surface area contributed by atoms with Crippen LogP contribution in [-0.2, 0) is 24.4 Å². The molecule has 3 rings (SSSR count). The topological polar surface area (TPSA) is 69.0 Å². The Hall–Kier alpha value is -3.10. The highest BCUT2D eigenvalue weighted by atomic mass is 19.4. The molecule has 0 saturated carbocycles. The fourth-order valence-corrected chi connectivity index (χ4v) is 3.01. The molecule has 0 radical (unpaired) electrons. The van der Waals surface area contributed by atoms with E-state index in [2.05, 4.69) is 15.4 Å². The van der Waals surface area contributed by atoms with Crippen molar-refractivity contribution >= 4 is 22.6 Å². The molecule has 0 saturated heterocycles. The molecule has 29 heavy (non-hydrogen) atoms. The van der Waals surface area contributed by atoms with Crippen molar-refractivity contribution in [3.63, 3.8) is 0 Å². The fourth-order valence-electron chi connectivity index (χ4n) is 3.01. The Morgan fingerprint density at radius 2 is 1.93 bits per heavy atom. The minimum Gasteiger partial charge on any atom is -0.464 e. The summed E-state index contributed by atoms with van der Waals surface area (Å²) in [6.45, 7) is 4.95. The molecule has 0 bridgehead atoms. The number of alkyl halides is 3. The van der Waals surface area contributed by atoms with Crippen molar-refractivity contribution in [2.24, 2.45) is 7.05 Å². The standard InChI is InChI=1S/C20H21F3N4O2/c1-5-13-6-8-14(9-7-13)24-19(28)12(3)29-16-10-15(20(21,22)23)17-11(2)26-27(4)18(17)25-16/h6-10,12H,5H2,1-4H3,(H,24,28). The van der Waals surface area contributed by atoms with E-state index in [1.807, 2.05) is 19.1 Å². The van der Waals surface area contributed by atoms with Gasteiger partial charge in [0, 0.05) is 18.8 Å². The largest absolute Gasteiger partial charge is 0.464 e. The predicted molar refractivity (Wildman–Crippen MR) is 103 cm³/mol. The summed E-state index contributed by atoms with van der Waals surface area (Å²) in [7, 11) is 1.50. The Labute approximate surface area is 165 Å². The normalized spacial score (nSPS) is 12.8. The molecule has 0 aliphatic rings. The average Bonchev–Trinajstić information content (AvgIpc) is 2.94. The van der Waals surface area contributed by atoms with Gasteiger partial charge in [0.25, 0.3) is 5.91 Å². The Morgan fingerprint density at radius 1 is 1.28 bits per heavy atom.